The van der Waals surface area contributed by atoms with Crippen molar-refractivity contribution >= 4 is 44.9 Å². The Labute approximate surface area is 223 Å². The first-order valence-electron chi connectivity index (χ1n) is 11.6. The Hall–Kier alpha value is -3.49. The van der Waals surface area contributed by atoms with Crippen LogP contribution in [0.3, 0.4) is 0 Å². The lowest BCUT2D eigenvalue weighted by Crippen LogP contribution is -2.29. The van der Waals surface area contributed by atoms with Gasteiger partial charge in [-0.1, -0.05) is 28.1 Å². The number of hydrogen-bond acceptors (Lipinski definition) is 3. The van der Waals surface area contributed by atoms with Gasteiger partial charge in [0.15, 0.2) is 5.11 Å². The molecule has 5 rings (SSSR count). The number of thiocarbonyl (C=S) groups is 1. The topological polar surface area (TPSA) is 70.4 Å². The Morgan fingerprint density at radius 1 is 1.06 bits per heavy atom. The molecule has 36 heavy (non-hydrogen) atoms. The van der Waals surface area contributed by atoms with E-state index in [9.17, 15) is 9.90 Å². The summed E-state index contributed by atoms with van der Waals surface area (Å²) < 4.78 is 3.13. The summed E-state index contributed by atoms with van der Waals surface area (Å²) in [6, 6.07) is 21.1. The Morgan fingerprint density at radius 2 is 1.81 bits per heavy atom. The van der Waals surface area contributed by atoms with E-state index in [4.69, 9.17) is 12.2 Å². The highest BCUT2D eigenvalue weighted by Crippen LogP contribution is 2.44. The number of aromatic nitrogens is 2. The summed E-state index contributed by atoms with van der Waals surface area (Å²) in [4.78, 5) is 18.5. The summed E-state index contributed by atoms with van der Waals surface area (Å²) >= 11 is 9.38. The lowest BCUT2D eigenvalue weighted by Gasteiger charge is -2.28. The van der Waals surface area contributed by atoms with Gasteiger partial charge < -0.3 is 19.9 Å². The van der Waals surface area contributed by atoms with Gasteiger partial charge in [-0.05, 0) is 98.7 Å². The van der Waals surface area contributed by atoms with Crippen molar-refractivity contribution in [3.8, 4) is 5.69 Å². The molecular weight excluding hydrogens is 536 g/mol. The molecule has 8 heteroatoms. The fourth-order valence-electron chi connectivity index (χ4n) is 4.99. The molecule has 0 aliphatic carbocycles. The zero-order valence-electron chi connectivity index (χ0n) is 20.1. The molecule has 0 spiro atoms. The quantitative estimate of drug-likeness (QED) is 0.274. The second kappa shape index (κ2) is 9.52. The third-order valence-electron chi connectivity index (χ3n) is 6.69. The van der Waals surface area contributed by atoms with Crippen molar-refractivity contribution in [3.05, 3.63) is 111 Å². The van der Waals surface area contributed by atoms with Gasteiger partial charge in [-0.3, -0.25) is 4.98 Å². The maximum atomic E-state index is 11.7. The average Bonchev–Trinajstić information content (AvgIpc) is 3.35. The van der Waals surface area contributed by atoms with Crippen LogP contribution in [0.25, 0.3) is 5.69 Å². The molecule has 0 unspecified atom stereocenters. The molecular formula is C28H25BrN4O2S. The molecule has 0 radical (unpaired) electrons. The molecule has 2 aromatic heterocycles. The van der Waals surface area contributed by atoms with Gasteiger partial charge in [0.1, 0.15) is 0 Å². The fourth-order valence-corrected chi connectivity index (χ4v) is 5.60. The van der Waals surface area contributed by atoms with Gasteiger partial charge in [-0.25, -0.2) is 4.79 Å². The van der Waals surface area contributed by atoms with Crippen molar-refractivity contribution in [1.29, 1.82) is 0 Å². The minimum atomic E-state index is -0.944. The van der Waals surface area contributed by atoms with Crippen LogP contribution in [-0.2, 0) is 0 Å². The van der Waals surface area contributed by atoms with Crippen LogP contribution in [0.4, 0.5) is 5.69 Å². The van der Waals surface area contributed by atoms with Crippen LogP contribution in [0.2, 0.25) is 0 Å². The summed E-state index contributed by atoms with van der Waals surface area (Å²) in [5, 5.41) is 13.7. The average molecular weight is 562 g/mol. The lowest BCUT2D eigenvalue weighted by atomic mass is 9.96. The van der Waals surface area contributed by atoms with Gasteiger partial charge in [-0.15, -0.1) is 0 Å². The number of anilines is 1. The highest BCUT2D eigenvalue weighted by molar-refractivity contribution is 9.10. The lowest BCUT2D eigenvalue weighted by molar-refractivity contribution is 0.0697. The SMILES string of the molecule is Cc1ccc(C(=O)O)cc1-n1c(C)cc([C@@H]2[C@@H](c3ccccn3)NC(=S)N2c2ccc(Br)cc2)c1C. The van der Waals surface area contributed by atoms with Gasteiger partial charge in [0.2, 0.25) is 0 Å². The summed E-state index contributed by atoms with van der Waals surface area (Å²) in [5.41, 5.74) is 7.13. The van der Waals surface area contributed by atoms with Crippen molar-refractivity contribution in [2.24, 2.45) is 0 Å². The normalized spacial score (nSPS) is 17.3. The standard InChI is InChI=1S/C28H25BrN4O2S/c1-16-7-8-19(27(34)35)15-24(16)32-17(2)14-22(18(32)3)26-25(23-6-4-5-13-30-23)31-28(36)33(26)21-11-9-20(29)10-12-21/h4-15,25-26H,1-3H3,(H,31,36)(H,34,35)/t25-,26-/m1/s1. The maximum absolute atomic E-state index is 11.7. The van der Waals surface area contributed by atoms with Gasteiger partial charge >= 0.3 is 5.97 Å². The van der Waals surface area contributed by atoms with Crippen LogP contribution in [0.15, 0.2) is 77.4 Å². The van der Waals surface area contributed by atoms with E-state index in [1.807, 2.05) is 62.4 Å². The number of aryl methyl sites for hydroxylation is 2. The summed E-state index contributed by atoms with van der Waals surface area (Å²) in [6.45, 7) is 6.12. The number of pyridine rings is 1. The summed E-state index contributed by atoms with van der Waals surface area (Å²) in [5.74, 6) is -0.944. The number of nitrogens with zero attached hydrogens (tertiary/aromatic N) is 3. The molecule has 2 atom stereocenters. The molecule has 6 nitrogen and oxygen atoms in total. The van der Waals surface area contributed by atoms with Gasteiger partial charge in [0, 0.05) is 33.4 Å². The first kappa shape index (κ1) is 24.2. The number of aromatic carboxylic acids is 1. The Kier molecular flexibility index (Phi) is 6.40. The molecule has 2 aromatic carbocycles. The molecule has 2 N–H and O–H groups in total. The first-order chi connectivity index (χ1) is 17.3. The van der Waals surface area contributed by atoms with Crippen LogP contribution >= 0.6 is 28.1 Å². The molecule has 3 heterocycles. The fraction of sp³-hybridized carbons (Fsp3) is 0.179. The largest absolute Gasteiger partial charge is 0.478 e. The third kappa shape index (κ3) is 4.20. The summed E-state index contributed by atoms with van der Waals surface area (Å²) in [6.07, 6.45) is 1.80. The summed E-state index contributed by atoms with van der Waals surface area (Å²) in [7, 11) is 0. The van der Waals surface area contributed by atoms with E-state index in [1.165, 1.54) is 0 Å². The number of halogens is 1. The number of carboxylic acids is 1. The monoisotopic (exact) mass is 560 g/mol. The van der Waals surface area contributed by atoms with Crippen molar-refractivity contribution < 1.29 is 9.90 Å². The first-order valence-corrected chi connectivity index (χ1v) is 12.8. The van der Waals surface area contributed by atoms with Crippen LogP contribution in [0.5, 0.6) is 0 Å². The van der Waals surface area contributed by atoms with Gasteiger partial charge in [-0.2, -0.15) is 0 Å². The van der Waals surface area contributed by atoms with Crippen LogP contribution in [0.1, 0.15) is 50.7 Å². The van der Waals surface area contributed by atoms with Crippen molar-refractivity contribution in [1.82, 2.24) is 14.9 Å². The molecule has 0 saturated carbocycles. The van der Waals surface area contributed by atoms with Crippen molar-refractivity contribution in [2.45, 2.75) is 32.9 Å². The van der Waals surface area contributed by atoms with Crippen LogP contribution < -0.4 is 10.2 Å². The maximum Gasteiger partial charge on any atom is 0.335 e. The smallest absolute Gasteiger partial charge is 0.335 e. The molecule has 1 saturated heterocycles. The van der Waals surface area contributed by atoms with E-state index in [0.29, 0.717) is 5.11 Å². The second-order valence-corrected chi connectivity index (χ2v) is 10.2. The Morgan fingerprint density at radius 3 is 2.47 bits per heavy atom. The molecule has 1 aliphatic rings. The highest BCUT2D eigenvalue weighted by atomic mass is 79.9. The number of benzene rings is 2. The van der Waals surface area contributed by atoms with E-state index in [0.717, 1.165) is 44.1 Å². The zero-order chi connectivity index (χ0) is 25.6. The number of carboxylic acid groups (broad SMARTS) is 1. The number of hydrogen-bond donors (Lipinski definition) is 2. The minimum Gasteiger partial charge on any atom is -0.478 e. The van der Waals surface area contributed by atoms with E-state index in [2.05, 4.69) is 48.7 Å². The van der Waals surface area contributed by atoms with Gasteiger partial charge in [0.25, 0.3) is 0 Å². The molecule has 182 valence electrons. The molecule has 0 bridgehead atoms. The minimum absolute atomic E-state index is 0.156. The van der Waals surface area contributed by atoms with E-state index in [1.54, 1.807) is 18.3 Å². The number of carbonyl (C=O) groups is 1. The van der Waals surface area contributed by atoms with Crippen LogP contribution in [-0.4, -0.2) is 25.7 Å². The zero-order valence-corrected chi connectivity index (χ0v) is 22.5. The van der Waals surface area contributed by atoms with Gasteiger partial charge in [0.05, 0.1) is 23.3 Å². The molecule has 0 amide bonds. The predicted octanol–water partition coefficient (Wildman–Crippen LogP) is 6.44. The van der Waals surface area contributed by atoms with E-state index >= 15 is 0 Å². The molecule has 1 fully saturated rings. The van der Waals surface area contributed by atoms with Crippen molar-refractivity contribution in [3.63, 3.8) is 0 Å². The Bertz CT molecular complexity index is 1470. The van der Waals surface area contributed by atoms with E-state index in [-0.39, 0.29) is 17.6 Å². The van der Waals surface area contributed by atoms with Crippen LogP contribution in [0, 0.1) is 20.8 Å². The Balaban J connectivity index is 1.69. The molecule has 1 aliphatic heterocycles. The third-order valence-corrected chi connectivity index (χ3v) is 7.53. The van der Waals surface area contributed by atoms with Crippen molar-refractivity contribution in [2.75, 3.05) is 4.90 Å². The number of rotatable bonds is 5. The number of nitrogens with one attached hydrogen (secondary N) is 1. The predicted molar refractivity (Wildman–Crippen MR) is 149 cm³/mol. The molecule has 4 aromatic rings. The second-order valence-electron chi connectivity index (χ2n) is 8.94. The van der Waals surface area contributed by atoms with E-state index < -0.39 is 5.97 Å². The highest BCUT2D eigenvalue weighted by Gasteiger charge is 2.42.